The Morgan fingerprint density at radius 1 is 1.12 bits per heavy atom. The smallest absolute Gasteiger partial charge is 0.245 e. The molecule has 3 heterocycles. The Bertz CT molecular complexity index is 545. The first kappa shape index (κ1) is 20.2. The summed E-state index contributed by atoms with van der Waals surface area (Å²) in [5, 5.41) is 2.72. The maximum atomic E-state index is 11.9. The van der Waals surface area contributed by atoms with Crippen molar-refractivity contribution in [3.63, 3.8) is 0 Å². The second-order valence-electron chi connectivity index (χ2n) is 7.06. The van der Waals surface area contributed by atoms with Crippen molar-refractivity contribution in [2.45, 2.75) is 70.4 Å². The summed E-state index contributed by atoms with van der Waals surface area (Å²) in [6.07, 6.45) is 6.63. The highest BCUT2D eigenvalue weighted by atomic mass is 16.2. The summed E-state index contributed by atoms with van der Waals surface area (Å²) >= 11 is 0. The minimum Gasteiger partial charge on any atom is -0.368 e. The molecule has 0 spiro atoms. The summed E-state index contributed by atoms with van der Waals surface area (Å²) in [6, 6.07) is -0.624. The van der Waals surface area contributed by atoms with Crippen molar-refractivity contribution in [3.8, 4) is 0 Å². The van der Waals surface area contributed by atoms with Crippen molar-refractivity contribution in [2.75, 3.05) is 19.6 Å². The third-order valence-electron chi connectivity index (χ3n) is 5.16. The van der Waals surface area contributed by atoms with Gasteiger partial charge in [-0.2, -0.15) is 0 Å². The molecule has 0 unspecified atom stereocenters. The molecule has 2 atom stereocenters. The van der Waals surface area contributed by atoms with Crippen molar-refractivity contribution >= 4 is 23.6 Å². The number of carbonyl (C=O) groups excluding carboxylic acids is 4. The largest absolute Gasteiger partial charge is 0.368 e. The van der Waals surface area contributed by atoms with Gasteiger partial charge in [0.15, 0.2) is 0 Å². The van der Waals surface area contributed by atoms with Gasteiger partial charge in [-0.3, -0.25) is 19.2 Å². The normalized spacial score (nSPS) is 24.0. The van der Waals surface area contributed by atoms with Crippen LogP contribution in [0.5, 0.6) is 0 Å². The number of amides is 4. The number of primary amides is 1. The molecular weight excluding hydrogens is 336 g/mol. The number of carbonyl (C=O) groups is 4. The van der Waals surface area contributed by atoms with Crippen LogP contribution in [0.25, 0.3) is 0 Å². The molecule has 3 rings (SSSR count). The summed E-state index contributed by atoms with van der Waals surface area (Å²) in [6.45, 7) is 4.28. The summed E-state index contributed by atoms with van der Waals surface area (Å²) in [5.41, 5.74) is 5.16. The molecule has 3 N–H and O–H groups in total. The molecule has 0 radical (unpaired) electrons. The Kier molecular flexibility index (Phi) is 7.41. The third kappa shape index (κ3) is 5.19. The average molecular weight is 366 g/mol. The van der Waals surface area contributed by atoms with Crippen LogP contribution in [0.3, 0.4) is 0 Å². The van der Waals surface area contributed by atoms with Crippen LogP contribution in [-0.4, -0.2) is 65.1 Å². The molecule has 0 aromatic carbocycles. The first-order chi connectivity index (χ1) is 12.4. The quantitative estimate of drug-likeness (QED) is 0.737. The second kappa shape index (κ2) is 9.54. The topological polar surface area (TPSA) is 113 Å². The molecule has 0 aromatic heterocycles. The fourth-order valence-electron chi connectivity index (χ4n) is 3.71. The van der Waals surface area contributed by atoms with Crippen molar-refractivity contribution in [2.24, 2.45) is 5.73 Å². The first-order valence-corrected chi connectivity index (χ1v) is 9.61. The van der Waals surface area contributed by atoms with Gasteiger partial charge in [0.05, 0.1) is 0 Å². The molecule has 26 heavy (non-hydrogen) atoms. The maximum absolute atomic E-state index is 11.9. The lowest BCUT2D eigenvalue weighted by Crippen LogP contribution is -2.46. The van der Waals surface area contributed by atoms with Gasteiger partial charge < -0.3 is 20.9 Å². The lowest BCUT2D eigenvalue weighted by molar-refractivity contribution is -0.136. The van der Waals surface area contributed by atoms with Gasteiger partial charge in [-0.25, -0.2) is 0 Å². The zero-order valence-electron chi connectivity index (χ0n) is 15.5. The van der Waals surface area contributed by atoms with Crippen molar-refractivity contribution < 1.29 is 19.2 Å². The highest BCUT2D eigenvalue weighted by molar-refractivity contribution is 5.90. The molecule has 8 nitrogen and oxygen atoms in total. The lowest BCUT2D eigenvalue weighted by Gasteiger charge is -2.28. The highest BCUT2D eigenvalue weighted by Crippen LogP contribution is 2.15. The minimum absolute atomic E-state index is 0.0142. The number of piperidine rings is 1. The zero-order chi connectivity index (χ0) is 19.1. The Morgan fingerprint density at radius 2 is 1.81 bits per heavy atom. The first-order valence-electron chi connectivity index (χ1n) is 9.61. The number of hydrogen-bond acceptors (Lipinski definition) is 4. The average Bonchev–Trinajstić information content (AvgIpc) is 3.25. The van der Waals surface area contributed by atoms with Gasteiger partial charge in [0.25, 0.3) is 0 Å². The Labute approximate surface area is 154 Å². The number of nitrogens with two attached hydrogens (primary N) is 1. The molecule has 0 bridgehead atoms. The fourth-order valence-corrected chi connectivity index (χ4v) is 3.71. The van der Waals surface area contributed by atoms with E-state index in [2.05, 4.69) is 5.32 Å². The molecule has 3 fully saturated rings. The number of nitrogens with zero attached hydrogens (tertiary/aromatic N) is 2. The molecular formula is C18H30N4O4. The molecule has 0 aliphatic carbocycles. The zero-order valence-corrected chi connectivity index (χ0v) is 15.5. The van der Waals surface area contributed by atoms with E-state index in [-0.39, 0.29) is 29.8 Å². The van der Waals surface area contributed by atoms with E-state index in [1.165, 1.54) is 6.42 Å². The number of rotatable bonds is 4. The predicted octanol–water partition coefficient (Wildman–Crippen LogP) is 0.150. The van der Waals surface area contributed by atoms with Crippen LogP contribution < -0.4 is 11.1 Å². The van der Waals surface area contributed by atoms with Gasteiger partial charge in [0.1, 0.15) is 12.1 Å². The number of nitrogens with one attached hydrogen (secondary N) is 1. The van der Waals surface area contributed by atoms with E-state index in [9.17, 15) is 19.2 Å². The van der Waals surface area contributed by atoms with E-state index >= 15 is 0 Å². The van der Waals surface area contributed by atoms with Crippen LogP contribution in [0.2, 0.25) is 0 Å². The molecule has 3 saturated heterocycles. The third-order valence-corrected chi connectivity index (χ3v) is 5.16. The summed E-state index contributed by atoms with van der Waals surface area (Å²) in [5.74, 6) is -0.204. The second-order valence-corrected chi connectivity index (χ2v) is 7.06. The van der Waals surface area contributed by atoms with Crippen LogP contribution in [0, 0.1) is 0 Å². The molecule has 8 heteroatoms. The van der Waals surface area contributed by atoms with Crippen LogP contribution in [-0.2, 0) is 19.2 Å². The van der Waals surface area contributed by atoms with E-state index < -0.39 is 5.91 Å². The summed E-state index contributed by atoms with van der Waals surface area (Å²) in [7, 11) is 0. The van der Waals surface area contributed by atoms with Crippen LogP contribution in [0.1, 0.15) is 58.3 Å². The van der Waals surface area contributed by atoms with Crippen LogP contribution in [0.4, 0.5) is 0 Å². The number of likely N-dealkylation sites (tertiary alicyclic amines) is 2. The lowest BCUT2D eigenvalue weighted by atomic mass is 10.1. The fraction of sp³-hybridized carbons (Fsp3) is 0.778. The van der Waals surface area contributed by atoms with Gasteiger partial charge in [0.2, 0.25) is 23.6 Å². The van der Waals surface area contributed by atoms with Crippen molar-refractivity contribution in [1.29, 1.82) is 0 Å². The van der Waals surface area contributed by atoms with E-state index in [4.69, 9.17) is 5.73 Å². The highest BCUT2D eigenvalue weighted by Gasteiger charge is 2.31. The van der Waals surface area contributed by atoms with Gasteiger partial charge >= 0.3 is 0 Å². The van der Waals surface area contributed by atoms with Crippen LogP contribution >= 0.6 is 0 Å². The van der Waals surface area contributed by atoms with Gasteiger partial charge in [-0.1, -0.05) is 6.92 Å². The van der Waals surface area contributed by atoms with Crippen molar-refractivity contribution in [3.05, 3.63) is 0 Å². The van der Waals surface area contributed by atoms with E-state index in [1.807, 2.05) is 11.8 Å². The SMILES string of the molecule is CC[C@@H](C(N)=O)N1CCCC1=O.O=C1CC[C@H](C(=O)N2CCCCC2)N1. The summed E-state index contributed by atoms with van der Waals surface area (Å²) < 4.78 is 0. The predicted molar refractivity (Wildman–Crippen MR) is 95.8 cm³/mol. The minimum atomic E-state index is -0.396. The van der Waals surface area contributed by atoms with Crippen LogP contribution in [0.15, 0.2) is 0 Å². The molecule has 4 amide bonds. The Morgan fingerprint density at radius 3 is 2.27 bits per heavy atom. The van der Waals surface area contributed by atoms with E-state index in [0.29, 0.717) is 32.2 Å². The molecule has 0 aromatic rings. The van der Waals surface area contributed by atoms with Gasteiger partial charge in [-0.15, -0.1) is 0 Å². The number of hydrogen-bond donors (Lipinski definition) is 2. The Hall–Kier alpha value is -2.12. The molecule has 3 aliphatic rings. The Balaban J connectivity index is 0.000000190. The molecule has 0 saturated carbocycles. The molecule has 146 valence electrons. The molecule has 3 aliphatic heterocycles. The van der Waals surface area contributed by atoms with Gasteiger partial charge in [-0.05, 0) is 38.5 Å². The van der Waals surface area contributed by atoms with E-state index in [0.717, 1.165) is 32.4 Å². The standard InChI is InChI=1S/C10H16N2O2.C8H14N2O2/c13-9-5-4-8(11-9)10(14)12-6-2-1-3-7-12;1-2-6(8(9)12)10-5-3-4-7(10)11/h8H,1-7H2,(H,11,13);6H,2-5H2,1H3,(H2,9,12)/t8-;6-/m10/s1. The monoisotopic (exact) mass is 366 g/mol. The van der Waals surface area contributed by atoms with Gasteiger partial charge in [0, 0.05) is 32.5 Å². The van der Waals surface area contributed by atoms with Crippen molar-refractivity contribution in [1.82, 2.24) is 15.1 Å². The maximum Gasteiger partial charge on any atom is 0.245 e. The summed E-state index contributed by atoms with van der Waals surface area (Å²) in [4.78, 5) is 48.4. The van der Waals surface area contributed by atoms with E-state index in [1.54, 1.807) is 4.90 Å².